The lowest BCUT2D eigenvalue weighted by Crippen LogP contribution is -2.17. The topological polar surface area (TPSA) is 86.2 Å². The summed E-state index contributed by atoms with van der Waals surface area (Å²) < 4.78 is 16.0. The summed E-state index contributed by atoms with van der Waals surface area (Å²) in [5.74, 6) is 0.331. The van der Waals surface area contributed by atoms with Crippen molar-refractivity contribution in [3.05, 3.63) is 88.4 Å². The van der Waals surface area contributed by atoms with Crippen LogP contribution in [0.4, 0.5) is 0 Å². The van der Waals surface area contributed by atoms with Crippen LogP contribution >= 0.6 is 11.6 Å². The molecule has 1 heterocycles. The molecule has 0 unspecified atom stereocenters. The number of rotatable bonds is 5. The highest BCUT2D eigenvalue weighted by Gasteiger charge is 2.18. The zero-order valence-corrected chi connectivity index (χ0v) is 16.3. The predicted octanol–water partition coefficient (Wildman–Crippen LogP) is 4.05. The molecule has 8 heteroatoms. The SMILES string of the molecule is O=C(N/N=C\c1cc(Cl)ccc1OC(=O)c1ccc2c(c1)OCO2)c1ccccc1. The summed E-state index contributed by atoms with van der Waals surface area (Å²) >= 11 is 6.05. The van der Waals surface area contributed by atoms with Crippen molar-refractivity contribution < 1.29 is 23.8 Å². The third-order valence-corrected chi connectivity index (χ3v) is 4.42. The second kappa shape index (κ2) is 8.67. The molecular formula is C22H15ClN2O5. The van der Waals surface area contributed by atoms with E-state index in [4.69, 9.17) is 25.8 Å². The molecule has 4 rings (SSSR count). The van der Waals surface area contributed by atoms with Gasteiger partial charge >= 0.3 is 5.97 Å². The Hall–Kier alpha value is -3.84. The Bertz CT molecular complexity index is 1130. The van der Waals surface area contributed by atoms with Crippen LogP contribution in [-0.4, -0.2) is 24.9 Å². The van der Waals surface area contributed by atoms with Crippen molar-refractivity contribution in [2.45, 2.75) is 0 Å². The normalized spacial score (nSPS) is 12.0. The monoisotopic (exact) mass is 422 g/mol. The minimum absolute atomic E-state index is 0.111. The molecule has 0 aliphatic carbocycles. The maximum Gasteiger partial charge on any atom is 0.343 e. The van der Waals surface area contributed by atoms with Crippen LogP contribution in [0.3, 0.4) is 0 Å². The number of nitrogens with zero attached hydrogens (tertiary/aromatic N) is 1. The van der Waals surface area contributed by atoms with Gasteiger partial charge in [-0.05, 0) is 48.5 Å². The van der Waals surface area contributed by atoms with Gasteiger partial charge in [0.2, 0.25) is 6.79 Å². The first-order chi connectivity index (χ1) is 14.6. The Kier molecular flexibility index (Phi) is 5.63. The summed E-state index contributed by atoms with van der Waals surface area (Å²) in [4.78, 5) is 24.6. The largest absolute Gasteiger partial charge is 0.454 e. The van der Waals surface area contributed by atoms with Crippen LogP contribution in [0.2, 0.25) is 5.02 Å². The number of benzene rings is 3. The van der Waals surface area contributed by atoms with E-state index in [1.165, 1.54) is 6.21 Å². The van der Waals surface area contributed by atoms with E-state index in [-0.39, 0.29) is 18.4 Å². The van der Waals surface area contributed by atoms with Gasteiger partial charge in [0.25, 0.3) is 5.91 Å². The average molecular weight is 423 g/mol. The van der Waals surface area contributed by atoms with E-state index < -0.39 is 5.97 Å². The van der Waals surface area contributed by atoms with Crippen molar-refractivity contribution in [3.8, 4) is 17.2 Å². The number of carbonyl (C=O) groups is 2. The van der Waals surface area contributed by atoms with Gasteiger partial charge in [-0.15, -0.1) is 0 Å². The lowest BCUT2D eigenvalue weighted by Gasteiger charge is -2.08. The average Bonchev–Trinajstić information content (AvgIpc) is 3.24. The van der Waals surface area contributed by atoms with E-state index in [1.54, 1.807) is 60.7 Å². The predicted molar refractivity (Wildman–Crippen MR) is 110 cm³/mol. The molecule has 7 nitrogen and oxygen atoms in total. The second-order valence-corrected chi connectivity index (χ2v) is 6.64. The van der Waals surface area contributed by atoms with Crippen LogP contribution in [0.5, 0.6) is 17.2 Å². The molecule has 0 aromatic heterocycles. The van der Waals surface area contributed by atoms with Gasteiger partial charge in [0.15, 0.2) is 11.5 Å². The fourth-order valence-electron chi connectivity index (χ4n) is 2.71. The Labute approximate surface area is 176 Å². The van der Waals surface area contributed by atoms with Crippen molar-refractivity contribution in [3.63, 3.8) is 0 Å². The van der Waals surface area contributed by atoms with Crippen molar-refractivity contribution in [1.82, 2.24) is 5.43 Å². The quantitative estimate of drug-likeness (QED) is 0.290. The van der Waals surface area contributed by atoms with E-state index in [1.807, 2.05) is 6.07 Å². The molecule has 0 spiro atoms. The number of ether oxygens (including phenoxy) is 3. The van der Waals surface area contributed by atoms with Crippen LogP contribution in [0, 0.1) is 0 Å². The molecule has 30 heavy (non-hydrogen) atoms. The zero-order chi connectivity index (χ0) is 20.9. The van der Waals surface area contributed by atoms with Crippen molar-refractivity contribution in [1.29, 1.82) is 0 Å². The summed E-state index contributed by atoms with van der Waals surface area (Å²) in [5.41, 5.74) is 3.61. The first-order valence-corrected chi connectivity index (χ1v) is 9.28. The van der Waals surface area contributed by atoms with Gasteiger partial charge in [-0.2, -0.15) is 5.10 Å². The van der Waals surface area contributed by atoms with E-state index in [0.717, 1.165) is 0 Å². The molecule has 3 aromatic carbocycles. The molecule has 0 fully saturated rings. The third kappa shape index (κ3) is 4.42. The van der Waals surface area contributed by atoms with Crippen molar-refractivity contribution in [2.75, 3.05) is 6.79 Å². The fourth-order valence-corrected chi connectivity index (χ4v) is 2.89. The lowest BCUT2D eigenvalue weighted by molar-refractivity contribution is 0.0733. The number of hydrogen-bond acceptors (Lipinski definition) is 6. The smallest absolute Gasteiger partial charge is 0.343 e. The molecule has 1 N–H and O–H groups in total. The summed E-state index contributed by atoms with van der Waals surface area (Å²) in [6.07, 6.45) is 1.36. The second-order valence-electron chi connectivity index (χ2n) is 6.20. The minimum Gasteiger partial charge on any atom is -0.454 e. The summed E-state index contributed by atoms with van der Waals surface area (Å²) in [6, 6.07) is 18.1. The molecule has 150 valence electrons. The Morgan fingerprint density at radius 1 is 0.967 bits per heavy atom. The van der Waals surface area contributed by atoms with Crippen LogP contribution in [-0.2, 0) is 0 Å². The molecule has 3 aromatic rings. The highest BCUT2D eigenvalue weighted by atomic mass is 35.5. The van der Waals surface area contributed by atoms with Gasteiger partial charge in [-0.25, -0.2) is 10.2 Å². The fraction of sp³-hybridized carbons (Fsp3) is 0.0455. The molecule has 0 radical (unpaired) electrons. The summed E-state index contributed by atoms with van der Waals surface area (Å²) in [5, 5.41) is 4.36. The van der Waals surface area contributed by atoms with E-state index >= 15 is 0 Å². The Balaban J connectivity index is 1.49. The van der Waals surface area contributed by atoms with Crippen molar-refractivity contribution >= 4 is 29.7 Å². The van der Waals surface area contributed by atoms with Crippen LogP contribution < -0.4 is 19.6 Å². The summed E-state index contributed by atoms with van der Waals surface area (Å²) in [7, 11) is 0. The molecule has 1 aliphatic heterocycles. The maximum absolute atomic E-state index is 12.6. The minimum atomic E-state index is -0.585. The van der Waals surface area contributed by atoms with Crippen LogP contribution in [0.15, 0.2) is 71.8 Å². The number of fused-ring (bicyclic) bond motifs is 1. The van der Waals surface area contributed by atoms with Gasteiger partial charge in [-0.3, -0.25) is 4.79 Å². The Morgan fingerprint density at radius 2 is 1.77 bits per heavy atom. The number of amides is 1. The van der Waals surface area contributed by atoms with E-state index in [0.29, 0.717) is 33.2 Å². The highest BCUT2D eigenvalue weighted by molar-refractivity contribution is 6.31. The van der Waals surface area contributed by atoms with E-state index in [2.05, 4.69) is 10.5 Å². The molecular weight excluding hydrogens is 408 g/mol. The van der Waals surface area contributed by atoms with Gasteiger partial charge < -0.3 is 14.2 Å². The maximum atomic E-state index is 12.6. The highest BCUT2D eigenvalue weighted by Crippen LogP contribution is 2.33. The van der Waals surface area contributed by atoms with Gasteiger partial charge in [0, 0.05) is 16.1 Å². The van der Waals surface area contributed by atoms with Gasteiger partial charge in [0.05, 0.1) is 11.8 Å². The molecule has 1 amide bonds. The first-order valence-electron chi connectivity index (χ1n) is 8.90. The Morgan fingerprint density at radius 3 is 2.60 bits per heavy atom. The summed E-state index contributed by atoms with van der Waals surface area (Å²) in [6.45, 7) is 0.111. The van der Waals surface area contributed by atoms with Gasteiger partial charge in [-0.1, -0.05) is 29.8 Å². The zero-order valence-electron chi connectivity index (χ0n) is 15.5. The number of carbonyl (C=O) groups excluding carboxylic acids is 2. The number of hydrogen-bond donors (Lipinski definition) is 1. The number of esters is 1. The number of halogens is 1. The van der Waals surface area contributed by atoms with Crippen LogP contribution in [0.25, 0.3) is 0 Å². The standard InChI is InChI=1S/C22H15ClN2O5/c23-17-7-9-18(30-22(27)15-6-8-19-20(11-15)29-13-28-19)16(10-17)12-24-25-21(26)14-4-2-1-3-5-14/h1-12H,13H2,(H,25,26)/b24-12-. The number of nitrogens with one attached hydrogen (secondary N) is 1. The first kappa shape index (κ1) is 19.5. The van der Waals surface area contributed by atoms with Crippen molar-refractivity contribution in [2.24, 2.45) is 5.10 Å². The molecule has 0 saturated heterocycles. The molecule has 0 atom stereocenters. The number of hydrazone groups is 1. The van der Waals surface area contributed by atoms with E-state index in [9.17, 15) is 9.59 Å². The molecule has 1 aliphatic rings. The van der Waals surface area contributed by atoms with Crippen LogP contribution in [0.1, 0.15) is 26.3 Å². The van der Waals surface area contributed by atoms with Gasteiger partial charge in [0.1, 0.15) is 5.75 Å². The molecule has 0 bridgehead atoms. The molecule has 0 saturated carbocycles. The lowest BCUT2D eigenvalue weighted by atomic mass is 10.2. The third-order valence-electron chi connectivity index (χ3n) is 4.19.